The van der Waals surface area contributed by atoms with Gasteiger partial charge < -0.3 is 5.11 Å². The van der Waals surface area contributed by atoms with Crippen LogP contribution >= 0.6 is 11.6 Å². The van der Waals surface area contributed by atoms with Crippen molar-refractivity contribution in [2.24, 2.45) is 0 Å². The molecule has 2 rings (SSSR count). The van der Waals surface area contributed by atoms with E-state index < -0.39 is 5.60 Å². The van der Waals surface area contributed by atoms with Crippen molar-refractivity contribution in [1.82, 2.24) is 0 Å². The lowest BCUT2D eigenvalue weighted by molar-refractivity contribution is 0.0567. The lowest BCUT2D eigenvalue weighted by atomic mass is 9.88. The summed E-state index contributed by atoms with van der Waals surface area (Å²) in [7, 11) is 0. The fraction of sp³-hybridized carbons (Fsp3) is 0.250. The van der Waals surface area contributed by atoms with Crippen molar-refractivity contribution in [2.45, 2.75) is 25.9 Å². The Bertz CT molecular complexity index is 576. The van der Waals surface area contributed by atoms with Crippen LogP contribution in [0.2, 0.25) is 5.02 Å². The molecule has 0 aliphatic carbocycles. The van der Waals surface area contributed by atoms with Crippen LogP contribution in [0.1, 0.15) is 23.6 Å². The zero-order chi connectivity index (χ0) is 14.0. The molecule has 0 saturated heterocycles. The summed E-state index contributed by atoms with van der Waals surface area (Å²) in [6, 6.07) is 12.0. The van der Waals surface area contributed by atoms with Gasteiger partial charge in [0.2, 0.25) is 0 Å². The zero-order valence-corrected chi connectivity index (χ0v) is 11.7. The third-order valence-corrected chi connectivity index (χ3v) is 3.45. The molecule has 2 aromatic rings. The highest BCUT2D eigenvalue weighted by atomic mass is 35.5. The summed E-state index contributed by atoms with van der Waals surface area (Å²) in [4.78, 5) is 0. The molecule has 1 unspecified atom stereocenters. The molecular formula is C16H16ClFO. The summed E-state index contributed by atoms with van der Waals surface area (Å²) >= 11 is 5.86. The van der Waals surface area contributed by atoms with Gasteiger partial charge in [-0.25, -0.2) is 4.39 Å². The lowest BCUT2D eigenvalue weighted by Crippen LogP contribution is -2.24. The van der Waals surface area contributed by atoms with Crippen molar-refractivity contribution in [3.63, 3.8) is 0 Å². The Labute approximate surface area is 117 Å². The Kier molecular flexibility index (Phi) is 3.93. The molecule has 0 spiro atoms. The summed E-state index contributed by atoms with van der Waals surface area (Å²) in [6.45, 7) is 3.66. The molecule has 100 valence electrons. The minimum Gasteiger partial charge on any atom is -0.385 e. The molecule has 1 atom stereocenters. The maximum Gasteiger partial charge on any atom is 0.126 e. The van der Waals surface area contributed by atoms with Crippen molar-refractivity contribution < 1.29 is 9.50 Å². The quantitative estimate of drug-likeness (QED) is 0.890. The monoisotopic (exact) mass is 278 g/mol. The van der Waals surface area contributed by atoms with Crippen LogP contribution in [0.3, 0.4) is 0 Å². The summed E-state index contributed by atoms with van der Waals surface area (Å²) in [5.74, 6) is -0.350. The van der Waals surface area contributed by atoms with E-state index in [9.17, 15) is 9.50 Å². The van der Waals surface area contributed by atoms with Gasteiger partial charge in [0.15, 0.2) is 0 Å². The maximum absolute atomic E-state index is 13.7. The largest absolute Gasteiger partial charge is 0.385 e. The second-order valence-electron chi connectivity index (χ2n) is 5.05. The summed E-state index contributed by atoms with van der Waals surface area (Å²) < 4.78 is 13.7. The fourth-order valence-electron chi connectivity index (χ4n) is 2.06. The van der Waals surface area contributed by atoms with E-state index in [1.807, 2.05) is 31.2 Å². The van der Waals surface area contributed by atoms with Gasteiger partial charge in [-0.2, -0.15) is 0 Å². The van der Waals surface area contributed by atoms with Gasteiger partial charge in [-0.15, -0.1) is 0 Å². The van der Waals surface area contributed by atoms with Crippen LogP contribution in [0.15, 0.2) is 42.5 Å². The van der Waals surface area contributed by atoms with Gasteiger partial charge in [-0.3, -0.25) is 0 Å². The van der Waals surface area contributed by atoms with E-state index in [1.165, 1.54) is 12.1 Å². The Morgan fingerprint density at radius 1 is 1.16 bits per heavy atom. The minimum absolute atomic E-state index is 0.183. The van der Waals surface area contributed by atoms with Gasteiger partial charge in [0, 0.05) is 11.4 Å². The molecule has 0 aromatic heterocycles. The maximum atomic E-state index is 13.7. The van der Waals surface area contributed by atoms with E-state index in [-0.39, 0.29) is 12.2 Å². The normalized spacial score (nSPS) is 14.2. The Hall–Kier alpha value is -1.38. The first-order valence-electron chi connectivity index (χ1n) is 6.12. The smallest absolute Gasteiger partial charge is 0.126 e. The summed E-state index contributed by atoms with van der Waals surface area (Å²) in [5, 5.41) is 11.0. The summed E-state index contributed by atoms with van der Waals surface area (Å²) in [5.41, 5.74) is 1.17. The van der Waals surface area contributed by atoms with Crippen LogP contribution < -0.4 is 0 Å². The van der Waals surface area contributed by atoms with Gasteiger partial charge in [-0.05, 0) is 43.2 Å². The first kappa shape index (κ1) is 14.0. The van der Waals surface area contributed by atoms with Gasteiger partial charge in [-0.1, -0.05) is 41.4 Å². The van der Waals surface area contributed by atoms with E-state index in [2.05, 4.69) is 0 Å². The molecule has 0 amide bonds. The van der Waals surface area contributed by atoms with Crippen molar-refractivity contribution in [2.75, 3.05) is 0 Å². The van der Waals surface area contributed by atoms with Gasteiger partial charge in [0.1, 0.15) is 5.82 Å². The molecule has 0 aliphatic heterocycles. The first-order chi connectivity index (χ1) is 8.88. The number of aryl methyl sites for hydroxylation is 1. The number of halogens is 2. The minimum atomic E-state index is -1.13. The number of rotatable bonds is 3. The third-order valence-electron chi connectivity index (χ3n) is 3.22. The number of aliphatic hydroxyl groups is 1. The molecule has 0 heterocycles. The Morgan fingerprint density at radius 3 is 2.42 bits per heavy atom. The zero-order valence-electron chi connectivity index (χ0n) is 11.0. The van der Waals surface area contributed by atoms with E-state index in [1.54, 1.807) is 13.0 Å². The average molecular weight is 279 g/mol. The fourth-order valence-corrected chi connectivity index (χ4v) is 2.26. The van der Waals surface area contributed by atoms with Crippen molar-refractivity contribution in [1.29, 1.82) is 0 Å². The molecular weight excluding hydrogens is 263 g/mol. The number of benzene rings is 2. The third kappa shape index (κ3) is 3.34. The number of hydrogen-bond acceptors (Lipinski definition) is 1. The standard InChI is InChI=1S/C16H16ClFO/c1-11-3-5-13(6-4-11)16(2,19)10-12-9-14(17)7-8-15(12)18/h3-9,19H,10H2,1-2H3. The Morgan fingerprint density at radius 2 is 1.79 bits per heavy atom. The van der Waals surface area contributed by atoms with Crippen LogP contribution in [0.4, 0.5) is 4.39 Å². The number of hydrogen-bond donors (Lipinski definition) is 1. The molecule has 0 saturated carbocycles. The highest BCUT2D eigenvalue weighted by Gasteiger charge is 2.25. The van der Waals surface area contributed by atoms with E-state index in [0.29, 0.717) is 10.6 Å². The Balaban J connectivity index is 2.30. The molecule has 1 nitrogen and oxygen atoms in total. The van der Waals surface area contributed by atoms with Crippen LogP contribution in [0, 0.1) is 12.7 Å². The first-order valence-corrected chi connectivity index (χ1v) is 6.50. The van der Waals surface area contributed by atoms with Gasteiger partial charge in [0.05, 0.1) is 5.60 Å². The van der Waals surface area contributed by atoms with Crippen LogP contribution in [-0.2, 0) is 12.0 Å². The predicted octanol–water partition coefficient (Wildman–Crippen LogP) is 4.24. The van der Waals surface area contributed by atoms with Crippen LogP contribution in [0.25, 0.3) is 0 Å². The SMILES string of the molecule is Cc1ccc(C(C)(O)Cc2cc(Cl)ccc2F)cc1. The highest BCUT2D eigenvalue weighted by molar-refractivity contribution is 6.30. The van der Waals surface area contributed by atoms with E-state index in [4.69, 9.17) is 11.6 Å². The lowest BCUT2D eigenvalue weighted by Gasteiger charge is -2.24. The molecule has 3 heteroatoms. The second-order valence-corrected chi connectivity index (χ2v) is 5.49. The highest BCUT2D eigenvalue weighted by Crippen LogP contribution is 2.28. The predicted molar refractivity (Wildman–Crippen MR) is 75.9 cm³/mol. The molecule has 1 N–H and O–H groups in total. The van der Waals surface area contributed by atoms with Crippen molar-refractivity contribution >= 4 is 11.6 Å². The van der Waals surface area contributed by atoms with Crippen molar-refractivity contribution in [3.05, 3.63) is 70.0 Å². The van der Waals surface area contributed by atoms with Crippen molar-refractivity contribution in [3.8, 4) is 0 Å². The summed E-state index contributed by atoms with van der Waals surface area (Å²) in [6.07, 6.45) is 0.183. The van der Waals surface area contributed by atoms with Crippen LogP contribution in [0.5, 0.6) is 0 Å². The average Bonchev–Trinajstić information content (AvgIpc) is 2.34. The molecule has 19 heavy (non-hydrogen) atoms. The molecule has 0 fully saturated rings. The molecule has 0 radical (unpaired) electrons. The van der Waals surface area contributed by atoms with Crippen LogP contribution in [-0.4, -0.2) is 5.11 Å². The molecule has 2 aromatic carbocycles. The van der Waals surface area contributed by atoms with E-state index in [0.717, 1.165) is 11.1 Å². The topological polar surface area (TPSA) is 20.2 Å². The van der Waals surface area contributed by atoms with E-state index >= 15 is 0 Å². The molecule has 0 bridgehead atoms. The van der Waals surface area contributed by atoms with Gasteiger partial charge in [0.25, 0.3) is 0 Å². The second kappa shape index (κ2) is 5.32. The molecule has 0 aliphatic rings. The van der Waals surface area contributed by atoms with Gasteiger partial charge >= 0.3 is 0 Å².